The van der Waals surface area contributed by atoms with Crippen LogP contribution in [0.15, 0.2) is 12.2 Å². The molecule has 0 aromatic heterocycles. The molecular formula is C13H24. The molecule has 2 aliphatic carbocycles. The smallest absolute Gasteiger partial charge is 0.0194 e. The summed E-state index contributed by atoms with van der Waals surface area (Å²) in [5, 5.41) is 0. The molecule has 3 unspecified atom stereocenters. The van der Waals surface area contributed by atoms with E-state index in [4.69, 9.17) is 0 Å². The predicted octanol–water partition coefficient (Wildman–Crippen LogP) is 4.27. The van der Waals surface area contributed by atoms with E-state index in [9.17, 15) is 0 Å². The minimum atomic E-state index is 0.532. The molecule has 1 saturated carbocycles. The highest BCUT2D eigenvalue weighted by Crippen LogP contribution is 2.50. The first-order valence-corrected chi connectivity index (χ1v) is 5.76. The molecule has 0 aliphatic heterocycles. The lowest BCUT2D eigenvalue weighted by atomic mass is 9.73. The third kappa shape index (κ3) is 2.15. The molecule has 0 radical (unpaired) electrons. The van der Waals surface area contributed by atoms with Gasteiger partial charge in [0, 0.05) is 0 Å². The molecule has 2 aliphatic rings. The fraction of sp³-hybridized carbons (Fsp3) is 0.846. The Bertz CT molecular complexity index is 183. The standard InChI is InChI=1S/C11H18.C2H6/c1-11(2,3)10-7-8-4-5-9(10)6-8;1-2/h4-5,8-10H,6-7H2,1-3H3;1-2H3. The topological polar surface area (TPSA) is 0 Å². The Morgan fingerprint density at radius 2 is 1.62 bits per heavy atom. The van der Waals surface area contributed by atoms with Gasteiger partial charge in [0.1, 0.15) is 0 Å². The summed E-state index contributed by atoms with van der Waals surface area (Å²) in [5.41, 5.74) is 0.532. The minimum Gasteiger partial charge on any atom is -0.0851 e. The maximum absolute atomic E-state index is 2.45. The molecule has 0 heteroatoms. The van der Waals surface area contributed by atoms with Crippen LogP contribution in [-0.4, -0.2) is 0 Å². The van der Waals surface area contributed by atoms with Crippen molar-refractivity contribution in [2.24, 2.45) is 23.2 Å². The van der Waals surface area contributed by atoms with Gasteiger partial charge in [0.2, 0.25) is 0 Å². The van der Waals surface area contributed by atoms with Crippen LogP contribution in [0.25, 0.3) is 0 Å². The normalized spacial score (nSPS) is 35.9. The average Bonchev–Trinajstić information content (AvgIpc) is 2.66. The number of allylic oxidation sites excluding steroid dienone is 2. The Morgan fingerprint density at radius 1 is 1.00 bits per heavy atom. The van der Waals surface area contributed by atoms with E-state index in [1.54, 1.807) is 0 Å². The van der Waals surface area contributed by atoms with Crippen molar-refractivity contribution >= 4 is 0 Å². The van der Waals surface area contributed by atoms with Crippen LogP contribution >= 0.6 is 0 Å². The van der Waals surface area contributed by atoms with E-state index in [-0.39, 0.29) is 0 Å². The first kappa shape index (κ1) is 10.8. The average molecular weight is 180 g/mol. The third-order valence-electron chi connectivity index (χ3n) is 3.39. The number of hydrogen-bond donors (Lipinski definition) is 0. The van der Waals surface area contributed by atoms with Gasteiger partial charge in [0.05, 0.1) is 0 Å². The van der Waals surface area contributed by atoms with Crippen molar-refractivity contribution in [3.05, 3.63) is 12.2 Å². The monoisotopic (exact) mass is 180 g/mol. The molecule has 13 heavy (non-hydrogen) atoms. The molecule has 0 aromatic rings. The fourth-order valence-corrected chi connectivity index (χ4v) is 2.78. The van der Waals surface area contributed by atoms with Crippen LogP contribution in [0, 0.1) is 23.2 Å². The summed E-state index contributed by atoms with van der Waals surface area (Å²) in [6, 6.07) is 0. The van der Waals surface area contributed by atoms with Gasteiger partial charge in [-0.1, -0.05) is 46.8 Å². The summed E-state index contributed by atoms with van der Waals surface area (Å²) in [6.07, 6.45) is 7.77. The van der Waals surface area contributed by atoms with Crippen molar-refractivity contribution < 1.29 is 0 Å². The lowest BCUT2D eigenvalue weighted by Gasteiger charge is -2.32. The van der Waals surface area contributed by atoms with Crippen molar-refractivity contribution in [3.8, 4) is 0 Å². The molecule has 1 fully saturated rings. The Hall–Kier alpha value is -0.260. The Labute approximate surface area is 83.4 Å². The summed E-state index contributed by atoms with van der Waals surface area (Å²) in [7, 11) is 0. The van der Waals surface area contributed by atoms with Crippen LogP contribution in [0.3, 0.4) is 0 Å². The molecule has 76 valence electrons. The Kier molecular flexibility index (Phi) is 3.21. The van der Waals surface area contributed by atoms with Gasteiger partial charge in [0.15, 0.2) is 0 Å². The number of rotatable bonds is 0. The lowest BCUT2D eigenvalue weighted by Crippen LogP contribution is -2.23. The zero-order chi connectivity index (χ0) is 10.1. The second kappa shape index (κ2) is 3.86. The van der Waals surface area contributed by atoms with Gasteiger partial charge in [-0.2, -0.15) is 0 Å². The fourth-order valence-electron chi connectivity index (χ4n) is 2.78. The zero-order valence-corrected chi connectivity index (χ0v) is 9.80. The van der Waals surface area contributed by atoms with Gasteiger partial charge in [0.25, 0.3) is 0 Å². The van der Waals surface area contributed by atoms with Crippen LogP contribution in [0.5, 0.6) is 0 Å². The van der Waals surface area contributed by atoms with Crippen molar-refractivity contribution in [2.45, 2.75) is 47.5 Å². The maximum Gasteiger partial charge on any atom is -0.0194 e. The summed E-state index contributed by atoms with van der Waals surface area (Å²) < 4.78 is 0. The second-order valence-electron chi connectivity index (χ2n) is 5.25. The molecule has 0 aromatic carbocycles. The zero-order valence-electron chi connectivity index (χ0n) is 9.80. The summed E-state index contributed by atoms with van der Waals surface area (Å²) >= 11 is 0. The van der Waals surface area contributed by atoms with Crippen LogP contribution < -0.4 is 0 Å². The van der Waals surface area contributed by atoms with E-state index in [2.05, 4.69) is 32.9 Å². The van der Waals surface area contributed by atoms with E-state index in [0.29, 0.717) is 5.41 Å². The largest absolute Gasteiger partial charge is 0.0851 e. The van der Waals surface area contributed by atoms with Crippen LogP contribution in [0.1, 0.15) is 47.5 Å². The van der Waals surface area contributed by atoms with E-state index < -0.39 is 0 Å². The molecule has 0 heterocycles. The summed E-state index contributed by atoms with van der Waals surface area (Å²) in [4.78, 5) is 0. The Morgan fingerprint density at radius 3 is 1.85 bits per heavy atom. The summed E-state index contributed by atoms with van der Waals surface area (Å²) in [6.45, 7) is 11.1. The molecule has 0 saturated heterocycles. The first-order chi connectivity index (χ1) is 6.07. The van der Waals surface area contributed by atoms with Gasteiger partial charge in [-0.3, -0.25) is 0 Å². The van der Waals surface area contributed by atoms with Gasteiger partial charge >= 0.3 is 0 Å². The predicted molar refractivity (Wildman–Crippen MR) is 59.6 cm³/mol. The van der Waals surface area contributed by atoms with Crippen molar-refractivity contribution in [2.75, 3.05) is 0 Å². The maximum atomic E-state index is 2.45. The van der Waals surface area contributed by atoms with Crippen molar-refractivity contribution in [1.29, 1.82) is 0 Å². The molecule has 3 atom stereocenters. The van der Waals surface area contributed by atoms with E-state index in [1.807, 2.05) is 13.8 Å². The second-order valence-corrected chi connectivity index (χ2v) is 5.25. The van der Waals surface area contributed by atoms with Crippen molar-refractivity contribution in [1.82, 2.24) is 0 Å². The third-order valence-corrected chi connectivity index (χ3v) is 3.39. The SMILES string of the molecule is CC.CC(C)(C)C1CC2C=CC1C2. The van der Waals surface area contributed by atoms with E-state index in [1.165, 1.54) is 12.8 Å². The molecular weight excluding hydrogens is 156 g/mol. The lowest BCUT2D eigenvalue weighted by molar-refractivity contribution is 0.205. The van der Waals surface area contributed by atoms with Gasteiger partial charge in [-0.15, -0.1) is 0 Å². The highest BCUT2D eigenvalue weighted by atomic mass is 14.5. The molecule has 0 amide bonds. The number of hydrogen-bond acceptors (Lipinski definition) is 0. The highest BCUT2D eigenvalue weighted by Gasteiger charge is 2.41. The van der Waals surface area contributed by atoms with Crippen LogP contribution in [-0.2, 0) is 0 Å². The molecule has 0 N–H and O–H groups in total. The van der Waals surface area contributed by atoms with Crippen molar-refractivity contribution in [3.63, 3.8) is 0 Å². The molecule has 2 rings (SSSR count). The number of fused-ring (bicyclic) bond motifs is 2. The van der Waals surface area contributed by atoms with Gasteiger partial charge in [-0.25, -0.2) is 0 Å². The van der Waals surface area contributed by atoms with Crippen LogP contribution in [0.4, 0.5) is 0 Å². The molecule has 0 nitrogen and oxygen atoms in total. The Balaban J connectivity index is 0.000000396. The highest BCUT2D eigenvalue weighted by molar-refractivity contribution is 5.11. The van der Waals surface area contributed by atoms with E-state index >= 15 is 0 Å². The quantitative estimate of drug-likeness (QED) is 0.488. The molecule has 0 spiro atoms. The van der Waals surface area contributed by atoms with Gasteiger partial charge in [-0.05, 0) is 36.0 Å². The van der Waals surface area contributed by atoms with E-state index in [0.717, 1.165) is 17.8 Å². The first-order valence-electron chi connectivity index (χ1n) is 5.76. The minimum absolute atomic E-state index is 0.532. The summed E-state index contributed by atoms with van der Waals surface area (Å²) in [5.74, 6) is 2.81. The van der Waals surface area contributed by atoms with Gasteiger partial charge < -0.3 is 0 Å². The molecule has 2 bridgehead atoms. The van der Waals surface area contributed by atoms with Crippen LogP contribution in [0.2, 0.25) is 0 Å².